The van der Waals surface area contributed by atoms with Crippen LogP contribution in [0.1, 0.15) is 24.2 Å². The van der Waals surface area contributed by atoms with Gasteiger partial charge in [-0.2, -0.15) is 0 Å². The summed E-state index contributed by atoms with van der Waals surface area (Å²) in [6, 6.07) is 11.3. The van der Waals surface area contributed by atoms with E-state index < -0.39 is 12.1 Å². The molecule has 0 aliphatic rings. The van der Waals surface area contributed by atoms with Gasteiger partial charge < -0.3 is 14.8 Å². The van der Waals surface area contributed by atoms with Crippen LogP contribution in [-0.4, -0.2) is 24.6 Å². The SMILES string of the molecule is CCOC(=O)c1cc(NC(=O)[C@H](C)Oc2cccc(Cl)c2)ccc1Cl. The molecule has 2 rings (SSSR count). The van der Waals surface area contributed by atoms with Crippen LogP contribution in [0, 0.1) is 0 Å². The Hall–Kier alpha value is -2.24. The van der Waals surface area contributed by atoms with Gasteiger partial charge in [0.25, 0.3) is 5.91 Å². The molecule has 0 saturated carbocycles. The molecule has 25 heavy (non-hydrogen) atoms. The minimum Gasteiger partial charge on any atom is -0.481 e. The van der Waals surface area contributed by atoms with Crippen molar-refractivity contribution in [3.05, 3.63) is 58.1 Å². The number of hydrogen-bond donors (Lipinski definition) is 1. The first-order valence-electron chi connectivity index (χ1n) is 7.60. The van der Waals surface area contributed by atoms with E-state index >= 15 is 0 Å². The van der Waals surface area contributed by atoms with Crippen molar-refractivity contribution in [2.75, 3.05) is 11.9 Å². The Kier molecular flexibility index (Phi) is 6.67. The molecule has 1 N–H and O–H groups in total. The number of anilines is 1. The summed E-state index contributed by atoms with van der Waals surface area (Å²) in [7, 11) is 0. The lowest BCUT2D eigenvalue weighted by molar-refractivity contribution is -0.122. The summed E-state index contributed by atoms with van der Waals surface area (Å²) in [6.07, 6.45) is -0.764. The summed E-state index contributed by atoms with van der Waals surface area (Å²) >= 11 is 11.9. The topological polar surface area (TPSA) is 64.6 Å². The largest absolute Gasteiger partial charge is 0.481 e. The zero-order valence-corrected chi connectivity index (χ0v) is 15.2. The van der Waals surface area contributed by atoms with Crippen molar-refractivity contribution in [2.24, 2.45) is 0 Å². The second-order valence-corrected chi connectivity index (χ2v) is 5.97. The first-order chi connectivity index (χ1) is 11.9. The molecule has 0 fully saturated rings. The number of halogens is 2. The molecule has 0 aliphatic carbocycles. The Bertz CT molecular complexity index is 779. The minimum atomic E-state index is -0.764. The lowest BCUT2D eigenvalue weighted by Gasteiger charge is -2.15. The van der Waals surface area contributed by atoms with Crippen molar-refractivity contribution in [2.45, 2.75) is 20.0 Å². The smallest absolute Gasteiger partial charge is 0.339 e. The Balaban J connectivity index is 2.06. The van der Waals surface area contributed by atoms with Crippen LogP contribution in [0.5, 0.6) is 5.75 Å². The van der Waals surface area contributed by atoms with Crippen LogP contribution in [-0.2, 0) is 9.53 Å². The Morgan fingerprint density at radius 2 is 1.92 bits per heavy atom. The van der Waals surface area contributed by atoms with Gasteiger partial charge in [0.15, 0.2) is 6.10 Å². The van der Waals surface area contributed by atoms with Crippen molar-refractivity contribution in [3.63, 3.8) is 0 Å². The van der Waals surface area contributed by atoms with Crippen molar-refractivity contribution < 1.29 is 19.1 Å². The number of carbonyl (C=O) groups is 2. The van der Waals surface area contributed by atoms with Gasteiger partial charge in [-0.1, -0.05) is 29.3 Å². The van der Waals surface area contributed by atoms with Crippen molar-refractivity contribution in [1.29, 1.82) is 0 Å². The second-order valence-electron chi connectivity index (χ2n) is 5.12. The quantitative estimate of drug-likeness (QED) is 0.743. The van der Waals surface area contributed by atoms with E-state index in [2.05, 4.69) is 5.32 Å². The molecule has 0 spiro atoms. The van der Waals surface area contributed by atoms with E-state index in [9.17, 15) is 9.59 Å². The second kappa shape index (κ2) is 8.74. The van der Waals surface area contributed by atoms with Crippen LogP contribution in [0.4, 0.5) is 5.69 Å². The number of benzene rings is 2. The van der Waals surface area contributed by atoms with Crippen LogP contribution in [0.25, 0.3) is 0 Å². The minimum absolute atomic E-state index is 0.185. The zero-order chi connectivity index (χ0) is 18.4. The molecule has 5 nitrogen and oxygen atoms in total. The van der Waals surface area contributed by atoms with E-state index in [1.165, 1.54) is 12.1 Å². The fourth-order valence-electron chi connectivity index (χ4n) is 2.01. The van der Waals surface area contributed by atoms with Gasteiger partial charge in [0.1, 0.15) is 5.75 Å². The predicted octanol–water partition coefficient (Wildman–Crippen LogP) is 4.58. The maximum atomic E-state index is 12.3. The van der Waals surface area contributed by atoms with Crippen LogP contribution < -0.4 is 10.1 Å². The number of ether oxygens (including phenoxy) is 2. The van der Waals surface area contributed by atoms with Crippen molar-refractivity contribution in [3.8, 4) is 5.75 Å². The molecule has 0 aliphatic heterocycles. The molecule has 0 saturated heterocycles. The predicted molar refractivity (Wildman–Crippen MR) is 97.6 cm³/mol. The summed E-state index contributed by atoms with van der Waals surface area (Å²) in [5.41, 5.74) is 0.601. The molecule has 0 heterocycles. The fraction of sp³-hybridized carbons (Fsp3) is 0.222. The van der Waals surface area contributed by atoms with Crippen molar-refractivity contribution in [1.82, 2.24) is 0 Å². The molecule has 0 aromatic heterocycles. The van der Waals surface area contributed by atoms with Crippen molar-refractivity contribution >= 4 is 40.8 Å². The highest BCUT2D eigenvalue weighted by Gasteiger charge is 2.17. The summed E-state index contributed by atoms with van der Waals surface area (Å²) in [6.45, 7) is 3.54. The van der Waals surface area contributed by atoms with E-state index in [0.29, 0.717) is 16.5 Å². The number of carbonyl (C=O) groups excluding carboxylic acids is 2. The number of rotatable bonds is 6. The van der Waals surface area contributed by atoms with Crippen LogP contribution in [0.3, 0.4) is 0 Å². The van der Waals surface area contributed by atoms with Gasteiger partial charge in [-0.05, 0) is 50.2 Å². The fourth-order valence-corrected chi connectivity index (χ4v) is 2.39. The molecular formula is C18H17Cl2NO4. The van der Waals surface area contributed by atoms with Gasteiger partial charge in [-0.25, -0.2) is 4.79 Å². The molecule has 0 unspecified atom stereocenters. The molecule has 0 radical (unpaired) electrons. The van der Waals surface area contributed by atoms with E-state index in [1.807, 2.05) is 0 Å². The third kappa shape index (κ3) is 5.37. The first-order valence-corrected chi connectivity index (χ1v) is 8.36. The number of esters is 1. The lowest BCUT2D eigenvalue weighted by atomic mass is 10.2. The highest BCUT2D eigenvalue weighted by Crippen LogP contribution is 2.22. The Labute approximate surface area is 155 Å². The Morgan fingerprint density at radius 3 is 2.60 bits per heavy atom. The van der Waals surface area contributed by atoms with Gasteiger partial charge in [-0.15, -0.1) is 0 Å². The summed E-state index contributed by atoms with van der Waals surface area (Å²) in [4.78, 5) is 24.1. The van der Waals surface area contributed by atoms with Gasteiger partial charge in [-0.3, -0.25) is 4.79 Å². The molecule has 1 atom stereocenters. The Morgan fingerprint density at radius 1 is 1.16 bits per heavy atom. The van der Waals surface area contributed by atoms with Gasteiger partial charge in [0.05, 0.1) is 17.2 Å². The van der Waals surface area contributed by atoms with Gasteiger partial charge >= 0.3 is 5.97 Å². The molecule has 0 bridgehead atoms. The van der Waals surface area contributed by atoms with Gasteiger partial charge in [0, 0.05) is 10.7 Å². The third-order valence-corrected chi connectivity index (χ3v) is 3.77. The maximum absolute atomic E-state index is 12.3. The van der Waals surface area contributed by atoms with Crippen LogP contribution >= 0.6 is 23.2 Å². The highest BCUT2D eigenvalue weighted by molar-refractivity contribution is 6.33. The molecule has 1 amide bonds. The molecule has 2 aromatic rings. The average Bonchev–Trinajstić information content (AvgIpc) is 2.56. The molecule has 132 valence electrons. The first kappa shape index (κ1) is 19.1. The van der Waals surface area contributed by atoms with Crippen LogP contribution in [0.15, 0.2) is 42.5 Å². The van der Waals surface area contributed by atoms with E-state index in [-0.39, 0.29) is 23.1 Å². The summed E-state index contributed by atoms with van der Waals surface area (Å²) < 4.78 is 10.5. The molecular weight excluding hydrogens is 365 g/mol. The van der Waals surface area contributed by atoms with E-state index in [1.54, 1.807) is 44.2 Å². The summed E-state index contributed by atoms with van der Waals surface area (Å²) in [5, 5.41) is 3.44. The van der Waals surface area contributed by atoms with E-state index in [0.717, 1.165) is 0 Å². The standard InChI is InChI=1S/C18H17Cl2NO4/c1-3-24-18(23)15-10-13(7-8-16(15)20)21-17(22)11(2)25-14-6-4-5-12(19)9-14/h4-11H,3H2,1-2H3,(H,21,22)/t11-/m0/s1. The third-order valence-electron chi connectivity index (χ3n) is 3.21. The molecule has 7 heteroatoms. The maximum Gasteiger partial charge on any atom is 0.339 e. The van der Waals surface area contributed by atoms with Crippen LogP contribution in [0.2, 0.25) is 10.0 Å². The zero-order valence-electron chi connectivity index (χ0n) is 13.7. The molecule has 2 aromatic carbocycles. The summed E-state index contributed by atoms with van der Waals surface area (Å²) in [5.74, 6) is -0.442. The highest BCUT2D eigenvalue weighted by atomic mass is 35.5. The average molecular weight is 382 g/mol. The monoisotopic (exact) mass is 381 g/mol. The number of amides is 1. The number of nitrogens with one attached hydrogen (secondary N) is 1. The van der Waals surface area contributed by atoms with E-state index in [4.69, 9.17) is 32.7 Å². The lowest BCUT2D eigenvalue weighted by Crippen LogP contribution is -2.30. The number of hydrogen-bond acceptors (Lipinski definition) is 4. The normalized spacial score (nSPS) is 11.5. The van der Waals surface area contributed by atoms with Gasteiger partial charge in [0.2, 0.25) is 0 Å².